The zero-order valence-electron chi connectivity index (χ0n) is 15.9. The third-order valence-electron chi connectivity index (χ3n) is 4.86. The number of hydrogen-bond donors (Lipinski definition) is 1. The van der Waals surface area contributed by atoms with E-state index >= 15 is 0 Å². The number of benzene rings is 1. The van der Waals surface area contributed by atoms with E-state index in [1.807, 2.05) is 43.3 Å². The van der Waals surface area contributed by atoms with Crippen LogP contribution in [0, 0.1) is 11.8 Å². The minimum absolute atomic E-state index is 0.133. The summed E-state index contributed by atoms with van der Waals surface area (Å²) in [7, 11) is 1.43. The van der Waals surface area contributed by atoms with Crippen molar-refractivity contribution in [2.24, 2.45) is 11.8 Å². The van der Waals surface area contributed by atoms with Gasteiger partial charge >= 0.3 is 12.1 Å². The van der Waals surface area contributed by atoms with E-state index in [0.717, 1.165) is 31.3 Å². The Kier molecular flexibility index (Phi) is 7.70. The molecule has 3 atom stereocenters. The maximum atomic E-state index is 12.2. The van der Waals surface area contributed by atoms with Gasteiger partial charge in [0.15, 0.2) is 0 Å². The van der Waals surface area contributed by atoms with Crippen LogP contribution in [-0.4, -0.2) is 25.3 Å². The van der Waals surface area contributed by atoms with Gasteiger partial charge in [0.2, 0.25) is 0 Å². The smallest absolute Gasteiger partial charge is 0.412 e. The predicted octanol–water partition coefficient (Wildman–Crippen LogP) is 4.94. The number of ether oxygens (including phenoxy) is 2. The van der Waals surface area contributed by atoms with Crippen LogP contribution in [0.4, 0.5) is 10.5 Å². The van der Waals surface area contributed by atoms with Crippen molar-refractivity contribution in [2.75, 3.05) is 12.4 Å². The molecule has 0 fully saturated rings. The monoisotopic (exact) mass is 359 g/mol. The summed E-state index contributed by atoms with van der Waals surface area (Å²) in [5.74, 6) is -0.310. The Bertz CT molecular complexity index is 626. The quantitative estimate of drug-likeness (QED) is 0.425. The van der Waals surface area contributed by atoms with E-state index in [1.165, 1.54) is 7.11 Å². The Morgan fingerprint density at radius 3 is 2.58 bits per heavy atom. The van der Waals surface area contributed by atoms with Crippen molar-refractivity contribution < 1.29 is 19.1 Å². The zero-order valence-corrected chi connectivity index (χ0v) is 15.9. The van der Waals surface area contributed by atoms with Crippen LogP contribution < -0.4 is 5.32 Å². The van der Waals surface area contributed by atoms with Gasteiger partial charge in [0.05, 0.1) is 13.0 Å². The van der Waals surface area contributed by atoms with E-state index in [-0.39, 0.29) is 23.9 Å². The van der Waals surface area contributed by atoms with E-state index in [1.54, 1.807) is 0 Å². The fourth-order valence-electron chi connectivity index (χ4n) is 3.61. The molecule has 0 spiro atoms. The molecule has 0 unspecified atom stereocenters. The molecule has 0 saturated carbocycles. The van der Waals surface area contributed by atoms with Gasteiger partial charge in [0.25, 0.3) is 0 Å². The summed E-state index contributed by atoms with van der Waals surface area (Å²) >= 11 is 0. The van der Waals surface area contributed by atoms with Crippen LogP contribution >= 0.6 is 0 Å². The molecule has 0 aromatic heterocycles. The van der Waals surface area contributed by atoms with Gasteiger partial charge in [-0.2, -0.15) is 0 Å². The van der Waals surface area contributed by atoms with Gasteiger partial charge in [0, 0.05) is 5.69 Å². The van der Waals surface area contributed by atoms with E-state index in [2.05, 4.69) is 12.2 Å². The van der Waals surface area contributed by atoms with Crippen molar-refractivity contribution in [3.05, 3.63) is 42.0 Å². The highest BCUT2D eigenvalue weighted by Gasteiger charge is 2.36. The molecule has 26 heavy (non-hydrogen) atoms. The van der Waals surface area contributed by atoms with Crippen molar-refractivity contribution >= 4 is 17.7 Å². The summed E-state index contributed by atoms with van der Waals surface area (Å²) in [6, 6.07) is 9.21. The second-order valence-electron chi connectivity index (χ2n) is 6.84. The molecule has 1 aliphatic rings. The summed E-state index contributed by atoms with van der Waals surface area (Å²) in [6.45, 7) is 4.07. The Balaban J connectivity index is 2.03. The average Bonchev–Trinajstić information content (AvgIpc) is 2.62. The number of unbranched alkanes of at least 4 members (excludes halogenated alkanes) is 2. The number of anilines is 1. The molecule has 0 heterocycles. The summed E-state index contributed by atoms with van der Waals surface area (Å²) in [5, 5.41) is 2.73. The molecule has 0 aliphatic heterocycles. The van der Waals surface area contributed by atoms with E-state index < -0.39 is 6.09 Å². The molecular weight excluding hydrogens is 330 g/mol. The third kappa shape index (κ3) is 5.61. The number of esters is 1. The Morgan fingerprint density at radius 2 is 1.92 bits per heavy atom. The van der Waals surface area contributed by atoms with Crippen molar-refractivity contribution in [1.29, 1.82) is 0 Å². The number of hydrogen-bond acceptors (Lipinski definition) is 4. The van der Waals surface area contributed by atoms with Crippen LogP contribution in [0.25, 0.3) is 0 Å². The number of carbonyl (C=O) groups excluding carboxylic acids is 2. The van der Waals surface area contributed by atoms with Gasteiger partial charge in [-0.1, -0.05) is 50.0 Å². The summed E-state index contributed by atoms with van der Waals surface area (Å²) in [6.07, 6.45) is 5.96. The van der Waals surface area contributed by atoms with Crippen LogP contribution in [0.1, 0.15) is 46.0 Å². The van der Waals surface area contributed by atoms with Gasteiger partial charge < -0.3 is 9.47 Å². The lowest BCUT2D eigenvalue weighted by Crippen LogP contribution is -2.35. The molecule has 142 valence electrons. The molecule has 1 N–H and O–H groups in total. The molecule has 0 saturated heterocycles. The normalized spacial score (nSPS) is 22.3. The second kappa shape index (κ2) is 10.00. The first-order chi connectivity index (χ1) is 12.5. The van der Waals surface area contributed by atoms with E-state index in [9.17, 15) is 9.59 Å². The van der Waals surface area contributed by atoms with Gasteiger partial charge in [-0.15, -0.1) is 0 Å². The first-order valence-corrected chi connectivity index (χ1v) is 9.34. The Labute approximate surface area is 155 Å². The fraction of sp³-hybridized carbons (Fsp3) is 0.524. The lowest BCUT2D eigenvalue weighted by molar-refractivity contribution is -0.146. The number of nitrogens with one attached hydrogen (secondary N) is 1. The maximum Gasteiger partial charge on any atom is 0.412 e. The van der Waals surface area contributed by atoms with Crippen molar-refractivity contribution in [1.82, 2.24) is 0 Å². The highest BCUT2D eigenvalue weighted by molar-refractivity contribution is 5.84. The minimum Gasteiger partial charge on any atom is -0.469 e. The highest BCUT2D eigenvalue weighted by atomic mass is 16.6. The molecule has 1 aromatic rings. The van der Waals surface area contributed by atoms with Gasteiger partial charge in [0.1, 0.15) is 6.10 Å². The number of rotatable bonds is 7. The van der Waals surface area contributed by atoms with Crippen molar-refractivity contribution in [3.8, 4) is 0 Å². The van der Waals surface area contributed by atoms with E-state index in [0.29, 0.717) is 12.1 Å². The molecule has 5 nitrogen and oxygen atoms in total. The maximum absolute atomic E-state index is 12.2. The van der Waals surface area contributed by atoms with Crippen LogP contribution in [-0.2, 0) is 14.3 Å². The average molecular weight is 359 g/mol. The van der Waals surface area contributed by atoms with Gasteiger partial charge in [-0.25, -0.2) is 4.79 Å². The molecule has 0 bridgehead atoms. The third-order valence-corrected chi connectivity index (χ3v) is 4.86. The molecule has 1 aromatic carbocycles. The number of carbonyl (C=O) groups is 2. The van der Waals surface area contributed by atoms with Crippen molar-refractivity contribution in [2.45, 2.75) is 52.1 Å². The summed E-state index contributed by atoms with van der Waals surface area (Å²) in [5.41, 5.74) is 1.61. The minimum atomic E-state index is -0.478. The lowest BCUT2D eigenvalue weighted by atomic mass is 9.75. The van der Waals surface area contributed by atoms with Crippen LogP contribution in [0.5, 0.6) is 0 Å². The molecule has 1 amide bonds. The molecule has 5 heteroatoms. The first kappa shape index (κ1) is 20.0. The highest BCUT2D eigenvalue weighted by Crippen LogP contribution is 2.36. The topological polar surface area (TPSA) is 64.6 Å². The second-order valence-corrected chi connectivity index (χ2v) is 6.84. The molecule has 0 radical (unpaired) electrons. The predicted molar refractivity (Wildman–Crippen MR) is 102 cm³/mol. The van der Waals surface area contributed by atoms with Gasteiger partial charge in [-0.05, 0) is 43.9 Å². The number of para-hydroxylation sites is 1. The SMILES string of the molecule is CCCCC[C@H]1C[C@H](OC(=O)Nc2ccccc2)C=C(C)[C@@H]1C(=O)OC. The van der Waals surface area contributed by atoms with Crippen LogP contribution in [0.3, 0.4) is 0 Å². The summed E-state index contributed by atoms with van der Waals surface area (Å²) < 4.78 is 10.6. The van der Waals surface area contributed by atoms with Crippen molar-refractivity contribution in [3.63, 3.8) is 0 Å². The molecular formula is C21H29NO4. The molecule has 2 rings (SSSR count). The molecule has 1 aliphatic carbocycles. The standard InChI is InChI=1S/C21H29NO4/c1-4-5-7-10-16-14-18(13-15(2)19(16)20(23)25-3)26-21(24)22-17-11-8-6-9-12-17/h6,8-9,11-13,16,18-19H,4-5,7,10,14H2,1-3H3,(H,22,24)/t16-,18+,19-/m0/s1. The summed E-state index contributed by atoms with van der Waals surface area (Å²) in [4.78, 5) is 24.4. The van der Waals surface area contributed by atoms with E-state index in [4.69, 9.17) is 9.47 Å². The fourth-order valence-corrected chi connectivity index (χ4v) is 3.61. The van der Waals surface area contributed by atoms with Crippen LogP contribution in [0.2, 0.25) is 0 Å². The number of amides is 1. The lowest BCUT2D eigenvalue weighted by Gasteiger charge is -2.33. The Morgan fingerprint density at radius 1 is 1.19 bits per heavy atom. The first-order valence-electron chi connectivity index (χ1n) is 9.34. The Hall–Kier alpha value is -2.30. The van der Waals surface area contributed by atoms with Crippen LogP contribution in [0.15, 0.2) is 42.0 Å². The van der Waals surface area contributed by atoms with Gasteiger partial charge in [-0.3, -0.25) is 10.1 Å². The zero-order chi connectivity index (χ0) is 18.9. The largest absolute Gasteiger partial charge is 0.469 e. The number of methoxy groups -OCH3 is 1.